The van der Waals surface area contributed by atoms with Gasteiger partial charge in [-0.2, -0.15) is 5.26 Å². The number of nitriles is 1. The lowest BCUT2D eigenvalue weighted by Crippen LogP contribution is -2.36. The summed E-state index contributed by atoms with van der Waals surface area (Å²) in [5, 5.41) is 25.4. The number of benzene rings is 1. The molecule has 1 aliphatic heterocycles. The first-order valence-corrected chi connectivity index (χ1v) is 12.0. The molecule has 1 saturated carbocycles. The first kappa shape index (κ1) is 23.7. The summed E-state index contributed by atoms with van der Waals surface area (Å²) in [4.78, 5) is 29.6. The van der Waals surface area contributed by atoms with E-state index in [1.54, 1.807) is 35.0 Å². The van der Waals surface area contributed by atoms with E-state index >= 15 is 0 Å². The smallest absolute Gasteiger partial charge is 0.270 e. The van der Waals surface area contributed by atoms with Crippen molar-refractivity contribution in [2.24, 2.45) is 4.99 Å². The van der Waals surface area contributed by atoms with Gasteiger partial charge in [0.25, 0.3) is 11.5 Å². The molecule has 10 heteroatoms. The van der Waals surface area contributed by atoms with Crippen LogP contribution in [0.3, 0.4) is 0 Å². The van der Waals surface area contributed by atoms with Gasteiger partial charge in [0, 0.05) is 24.1 Å². The van der Waals surface area contributed by atoms with Crippen LogP contribution in [0.25, 0.3) is 11.8 Å². The summed E-state index contributed by atoms with van der Waals surface area (Å²) in [6.07, 6.45) is 4.56. The van der Waals surface area contributed by atoms with E-state index in [1.165, 1.54) is 25.2 Å². The Bertz CT molecular complexity index is 1360. The van der Waals surface area contributed by atoms with Crippen molar-refractivity contribution in [1.82, 2.24) is 4.57 Å². The summed E-state index contributed by atoms with van der Waals surface area (Å²) >= 11 is 1.21. The average Bonchev–Trinajstić information content (AvgIpc) is 3.47. The lowest BCUT2D eigenvalue weighted by Gasteiger charge is -2.16. The van der Waals surface area contributed by atoms with Crippen molar-refractivity contribution in [1.29, 1.82) is 5.26 Å². The predicted octanol–water partition coefficient (Wildman–Crippen LogP) is 1.51. The maximum Gasteiger partial charge on any atom is 0.270 e. The minimum atomic E-state index is -1.50. The fourth-order valence-corrected chi connectivity index (χ4v) is 5.02. The molecule has 1 aliphatic carbocycles. The van der Waals surface area contributed by atoms with Gasteiger partial charge in [-0.3, -0.25) is 14.2 Å². The molecule has 3 N–H and O–H groups in total. The zero-order valence-electron chi connectivity index (χ0n) is 19.3. The maximum absolute atomic E-state index is 13.0. The molecule has 0 bridgehead atoms. The molecule has 2 aliphatic rings. The minimum Gasteiger partial charge on any atom is -0.471 e. The van der Waals surface area contributed by atoms with E-state index < -0.39 is 11.5 Å². The monoisotopic (exact) mass is 481 g/mol. The highest BCUT2D eigenvalue weighted by atomic mass is 32.1. The molecule has 4 rings (SSSR count). The van der Waals surface area contributed by atoms with Crippen molar-refractivity contribution in [3.63, 3.8) is 0 Å². The van der Waals surface area contributed by atoms with E-state index in [4.69, 9.17) is 4.74 Å². The van der Waals surface area contributed by atoms with Crippen LogP contribution in [0.4, 0.5) is 11.4 Å². The largest absolute Gasteiger partial charge is 0.471 e. The number of thiazole rings is 1. The molecule has 0 saturated heterocycles. The summed E-state index contributed by atoms with van der Waals surface area (Å²) < 4.78 is 8.44. The third-order valence-corrected chi connectivity index (χ3v) is 6.90. The number of carbonyl (C=O) groups excluding carboxylic acids is 1. The third kappa shape index (κ3) is 4.76. The number of nitrogens with zero attached hydrogens (tertiary/aromatic N) is 3. The molecule has 0 radical (unpaired) electrons. The Balaban J connectivity index is 1.66. The van der Waals surface area contributed by atoms with E-state index in [0.717, 1.165) is 19.3 Å². The number of carbonyl (C=O) groups is 1. The van der Waals surface area contributed by atoms with Gasteiger partial charge in [0.15, 0.2) is 0 Å². The lowest BCUT2D eigenvalue weighted by molar-refractivity contribution is -0.130. The number of amides is 1. The van der Waals surface area contributed by atoms with Gasteiger partial charge in [0.1, 0.15) is 32.5 Å². The second-order valence-electron chi connectivity index (χ2n) is 8.78. The van der Waals surface area contributed by atoms with Gasteiger partial charge in [-0.15, -0.1) is 11.3 Å². The number of aliphatic imine (C=N–C) groups is 1. The van der Waals surface area contributed by atoms with Crippen LogP contribution in [-0.4, -0.2) is 39.2 Å². The van der Waals surface area contributed by atoms with Crippen LogP contribution < -0.4 is 25.4 Å². The molecule has 2 atom stereocenters. The van der Waals surface area contributed by atoms with Gasteiger partial charge in [-0.25, -0.2) is 4.99 Å². The van der Waals surface area contributed by atoms with Gasteiger partial charge in [-0.05, 0) is 58.2 Å². The van der Waals surface area contributed by atoms with Crippen molar-refractivity contribution < 1.29 is 14.6 Å². The molecule has 1 amide bonds. The topological polar surface area (TPSA) is 129 Å². The Morgan fingerprint density at radius 1 is 1.41 bits per heavy atom. The van der Waals surface area contributed by atoms with E-state index in [2.05, 4.69) is 21.7 Å². The third-order valence-electron chi connectivity index (χ3n) is 5.77. The van der Waals surface area contributed by atoms with Crippen LogP contribution in [0.5, 0.6) is 0 Å². The Kier molecular flexibility index (Phi) is 6.59. The van der Waals surface area contributed by atoms with Crippen molar-refractivity contribution in [2.45, 2.75) is 64.3 Å². The molecule has 9 nitrogen and oxygen atoms in total. The van der Waals surface area contributed by atoms with E-state index in [0.29, 0.717) is 33.0 Å². The molecule has 2 heterocycles. The molecule has 1 fully saturated rings. The zero-order chi connectivity index (χ0) is 24.5. The van der Waals surface area contributed by atoms with Crippen LogP contribution in [0.1, 0.15) is 40.0 Å². The van der Waals surface area contributed by atoms with Crippen LogP contribution in [0.15, 0.2) is 34.1 Å². The number of aliphatic hydroxyl groups is 1. The van der Waals surface area contributed by atoms with Gasteiger partial charge in [-0.1, -0.05) is 6.07 Å². The Morgan fingerprint density at radius 3 is 2.85 bits per heavy atom. The van der Waals surface area contributed by atoms with Crippen molar-refractivity contribution in [3.8, 4) is 6.07 Å². The second-order valence-corrected chi connectivity index (χ2v) is 9.81. The van der Waals surface area contributed by atoms with Crippen LogP contribution in [0.2, 0.25) is 0 Å². The molecule has 34 heavy (non-hydrogen) atoms. The van der Waals surface area contributed by atoms with Crippen molar-refractivity contribution in [3.05, 3.63) is 43.8 Å². The number of fused-ring (bicyclic) bond motifs is 1. The highest BCUT2D eigenvalue weighted by molar-refractivity contribution is 7.07. The number of rotatable bonds is 6. The van der Waals surface area contributed by atoms with E-state index in [1.807, 2.05) is 6.92 Å². The summed E-state index contributed by atoms with van der Waals surface area (Å²) in [7, 11) is 0. The quantitative estimate of drug-likeness (QED) is 0.574. The molecular weight excluding hydrogens is 454 g/mol. The number of nitrogens with one attached hydrogen (secondary N) is 2. The van der Waals surface area contributed by atoms with E-state index in [9.17, 15) is 20.0 Å². The normalized spacial score (nSPS) is 20.8. The average molecular weight is 482 g/mol. The van der Waals surface area contributed by atoms with E-state index in [-0.39, 0.29) is 23.3 Å². The lowest BCUT2D eigenvalue weighted by atomic mass is 10.1. The van der Waals surface area contributed by atoms with Gasteiger partial charge < -0.3 is 20.5 Å². The van der Waals surface area contributed by atoms with Crippen molar-refractivity contribution >= 4 is 46.3 Å². The summed E-state index contributed by atoms with van der Waals surface area (Å²) in [6, 6.07) is 9.22. The zero-order valence-corrected chi connectivity index (χ0v) is 20.1. The Hall–Kier alpha value is -3.42. The SMILES string of the molecule is CCn1c(=O)/c(=C\Nc2cccc(NC(=O)C(C)(C)O)c2)s/c1=C(/C#N)C1=N[C@H]2CCC[C@H]2O1. The summed E-state index contributed by atoms with van der Waals surface area (Å²) in [5.74, 6) is -0.196. The minimum absolute atomic E-state index is 0.0250. The maximum atomic E-state index is 13.0. The Labute approximate surface area is 200 Å². The van der Waals surface area contributed by atoms with Crippen LogP contribution in [0, 0.1) is 11.3 Å². The molecule has 2 aromatic rings. The molecular formula is C24H27N5O4S. The second kappa shape index (κ2) is 9.44. The fraction of sp³-hybridized carbons (Fsp3) is 0.417. The number of hydrogen-bond acceptors (Lipinski definition) is 8. The standard InChI is InChI=1S/C24H27N5O4S/c1-4-29-21(30)19(13-26-14-7-5-8-15(11-14)27-23(31)24(2,3)32)34-22(29)16(12-25)20-28-17-9-6-10-18(17)33-20/h5,7-8,11,13,17-18,26,32H,4,6,9-10H2,1-3H3,(H,27,31)/b19-13+,22-16-/t17-,18+/m0/s1. The summed E-state index contributed by atoms with van der Waals surface area (Å²) in [6.45, 7) is 5.08. The highest BCUT2D eigenvalue weighted by Crippen LogP contribution is 2.31. The number of hydrogen-bond donors (Lipinski definition) is 3. The summed E-state index contributed by atoms with van der Waals surface area (Å²) in [5.41, 5.74) is -0.283. The van der Waals surface area contributed by atoms with Gasteiger partial charge in [0.05, 0.1) is 6.04 Å². The molecule has 178 valence electrons. The first-order chi connectivity index (χ1) is 16.2. The van der Waals surface area contributed by atoms with Gasteiger partial charge in [0.2, 0.25) is 5.90 Å². The van der Waals surface area contributed by atoms with Gasteiger partial charge >= 0.3 is 0 Å². The Morgan fingerprint density at radius 2 is 2.18 bits per heavy atom. The van der Waals surface area contributed by atoms with Crippen molar-refractivity contribution in [2.75, 3.05) is 10.6 Å². The molecule has 1 aromatic carbocycles. The highest BCUT2D eigenvalue weighted by Gasteiger charge is 2.36. The van der Waals surface area contributed by atoms with Crippen LogP contribution >= 0.6 is 11.3 Å². The number of aromatic nitrogens is 1. The molecule has 0 unspecified atom stereocenters. The first-order valence-electron chi connectivity index (χ1n) is 11.2. The predicted molar refractivity (Wildman–Crippen MR) is 132 cm³/mol. The fourth-order valence-electron chi connectivity index (χ4n) is 3.94. The molecule has 1 aromatic heterocycles. The number of ether oxygens (including phenoxy) is 1. The molecule has 0 spiro atoms. The number of anilines is 2. The van der Waals surface area contributed by atoms with Crippen LogP contribution in [-0.2, 0) is 16.1 Å².